The summed E-state index contributed by atoms with van der Waals surface area (Å²) >= 11 is 6.40. The van der Waals surface area contributed by atoms with Crippen LogP contribution in [0.2, 0.25) is 5.02 Å². The van der Waals surface area contributed by atoms with E-state index in [2.05, 4.69) is 62.5 Å². The van der Waals surface area contributed by atoms with Gasteiger partial charge in [-0.25, -0.2) is 4.79 Å². The van der Waals surface area contributed by atoms with Crippen molar-refractivity contribution >= 4 is 28.5 Å². The highest BCUT2D eigenvalue weighted by molar-refractivity contribution is 6.31. The molecule has 0 spiro atoms. The summed E-state index contributed by atoms with van der Waals surface area (Å²) in [5, 5.41) is 5.83. The maximum absolute atomic E-state index is 11.7. The van der Waals surface area contributed by atoms with E-state index < -0.39 is 5.54 Å². The van der Waals surface area contributed by atoms with Crippen LogP contribution in [-0.4, -0.2) is 18.8 Å². The number of halogens is 1. The normalized spacial score (nSPS) is 24.8. The Hall–Kier alpha value is -2.72. The van der Waals surface area contributed by atoms with Crippen LogP contribution in [0.4, 0.5) is 4.79 Å². The van der Waals surface area contributed by atoms with Gasteiger partial charge < -0.3 is 14.8 Å². The number of cyclic esters (lactones) is 1. The van der Waals surface area contributed by atoms with E-state index in [1.807, 2.05) is 25.1 Å². The Labute approximate surface area is 213 Å². The average molecular weight is 492 g/mol. The van der Waals surface area contributed by atoms with Crippen molar-refractivity contribution in [2.24, 2.45) is 11.3 Å². The molecular formula is C30H34ClNO3. The van der Waals surface area contributed by atoms with Gasteiger partial charge >= 0.3 is 6.09 Å². The van der Waals surface area contributed by atoms with Crippen molar-refractivity contribution in [1.82, 2.24) is 5.32 Å². The lowest BCUT2D eigenvalue weighted by molar-refractivity contribution is 0.0887. The Morgan fingerprint density at radius 1 is 1.03 bits per heavy atom. The van der Waals surface area contributed by atoms with E-state index in [-0.39, 0.29) is 12.2 Å². The Kier molecular flexibility index (Phi) is 6.21. The predicted molar refractivity (Wildman–Crippen MR) is 142 cm³/mol. The summed E-state index contributed by atoms with van der Waals surface area (Å²) in [6.07, 6.45) is 4.39. The van der Waals surface area contributed by atoms with Gasteiger partial charge in [0.15, 0.2) is 0 Å². The monoisotopic (exact) mass is 491 g/mol. The number of hydrogen-bond donors (Lipinski definition) is 1. The third-order valence-corrected chi connectivity index (χ3v) is 8.03. The zero-order chi connectivity index (χ0) is 24.8. The summed E-state index contributed by atoms with van der Waals surface area (Å²) < 4.78 is 11.9. The molecule has 1 aliphatic heterocycles. The second-order valence-corrected chi connectivity index (χ2v) is 11.8. The molecule has 0 aromatic heterocycles. The molecule has 1 atom stereocenters. The Bertz CT molecular complexity index is 1260. The number of alkyl carbamates (subject to hydrolysis) is 1. The molecule has 5 heteroatoms. The van der Waals surface area contributed by atoms with Gasteiger partial charge in [0.1, 0.15) is 12.4 Å². The van der Waals surface area contributed by atoms with Crippen molar-refractivity contribution in [3.63, 3.8) is 0 Å². The number of rotatable bonds is 4. The topological polar surface area (TPSA) is 47.6 Å². The molecule has 0 bridgehead atoms. The van der Waals surface area contributed by atoms with Crippen LogP contribution in [-0.2, 0) is 10.3 Å². The van der Waals surface area contributed by atoms with Crippen LogP contribution in [0.5, 0.6) is 5.75 Å². The summed E-state index contributed by atoms with van der Waals surface area (Å²) in [6.45, 7) is 9.34. The van der Waals surface area contributed by atoms with Crippen LogP contribution < -0.4 is 10.1 Å². The third kappa shape index (κ3) is 4.86. The number of nitrogens with one attached hydrogen (secondary N) is 1. The molecule has 3 aromatic carbocycles. The molecule has 0 radical (unpaired) electrons. The van der Waals surface area contributed by atoms with Crippen molar-refractivity contribution in [1.29, 1.82) is 0 Å². The molecular weight excluding hydrogens is 458 g/mol. The largest absolute Gasteiger partial charge is 0.490 e. The average Bonchev–Trinajstić information content (AvgIpc) is 3.18. The van der Waals surface area contributed by atoms with E-state index in [0.717, 1.165) is 52.0 Å². The van der Waals surface area contributed by atoms with Crippen LogP contribution >= 0.6 is 11.6 Å². The fraction of sp³-hybridized carbons (Fsp3) is 0.433. The lowest BCUT2D eigenvalue weighted by Crippen LogP contribution is -2.37. The molecule has 2 aliphatic rings. The number of carbonyl (C=O) groups excluding carboxylic acids is 1. The maximum atomic E-state index is 11.7. The second-order valence-electron chi connectivity index (χ2n) is 11.4. The summed E-state index contributed by atoms with van der Waals surface area (Å²) in [5.41, 5.74) is 2.92. The Morgan fingerprint density at radius 2 is 1.80 bits per heavy atom. The summed E-state index contributed by atoms with van der Waals surface area (Å²) in [5.74, 6) is 1.64. The second kappa shape index (κ2) is 9.05. The molecule has 1 aliphatic carbocycles. The van der Waals surface area contributed by atoms with Gasteiger partial charge in [-0.15, -0.1) is 0 Å². The summed E-state index contributed by atoms with van der Waals surface area (Å²) in [4.78, 5) is 11.7. The SMILES string of the molecule is CC(C)(C)C1CCC(Oc2ccc3cc([C@]4(C)COC(=O)N4)ccc3c2-c2cccc(Cl)c2)CC1. The highest BCUT2D eigenvalue weighted by Crippen LogP contribution is 2.43. The van der Waals surface area contributed by atoms with E-state index in [9.17, 15) is 4.79 Å². The number of fused-ring (bicyclic) bond motifs is 1. The van der Waals surface area contributed by atoms with E-state index in [0.29, 0.717) is 17.0 Å². The standard InChI is InChI=1S/C30H34ClNO3/c1-29(2,3)21-9-12-24(13-10-21)35-26-15-8-19-16-22(30(4)18-34-28(33)32-30)11-14-25(19)27(26)20-6-5-7-23(31)17-20/h5-8,11,14-17,21,24H,9-10,12-13,18H2,1-4H3,(H,32,33)/t21?,24?,30-/m0/s1. The fourth-order valence-corrected chi connectivity index (χ4v) is 5.77. The van der Waals surface area contributed by atoms with Crippen molar-refractivity contribution in [2.75, 3.05) is 6.61 Å². The number of benzene rings is 3. The van der Waals surface area contributed by atoms with E-state index in [1.165, 1.54) is 12.8 Å². The van der Waals surface area contributed by atoms with Crippen LogP contribution in [0.1, 0.15) is 58.9 Å². The molecule has 1 saturated carbocycles. The summed E-state index contributed by atoms with van der Waals surface area (Å²) in [6, 6.07) is 18.5. The number of amides is 1. The third-order valence-electron chi connectivity index (χ3n) is 7.79. The van der Waals surface area contributed by atoms with Gasteiger partial charge in [-0.1, -0.05) is 62.7 Å². The van der Waals surface area contributed by atoms with Crippen molar-refractivity contribution < 1.29 is 14.3 Å². The van der Waals surface area contributed by atoms with Gasteiger partial charge in [0.05, 0.1) is 11.6 Å². The predicted octanol–water partition coefficient (Wildman–Crippen LogP) is 8.10. The molecule has 184 valence electrons. The molecule has 1 saturated heterocycles. The van der Waals surface area contributed by atoms with Crippen LogP contribution in [0.25, 0.3) is 21.9 Å². The first-order chi connectivity index (χ1) is 16.6. The van der Waals surface area contributed by atoms with Crippen molar-refractivity contribution in [2.45, 2.75) is 65.0 Å². The Balaban J connectivity index is 1.52. The first-order valence-electron chi connectivity index (χ1n) is 12.6. The van der Waals surface area contributed by atoms with Crippen LogP contribution in [0, 0.1) is 11.3 Å². The zero-order valence-corrected chi connectivity index (χ0v) is 21.7. The van der Waals surface area contributed by atoms with Gasteiger partial charge in [-0.2, -0.15) is 0 Å². The lowest BCUT2D eigenvalue weighted by Gasteiger charge is -2.37. The van der Waals surface area contributed by atoms with Gasteiger partial charge in [0, 0.05) is 10.6 Å². The molecule has 0 unspecified atom stereocenters. The highest BCUT2D eigenvalue weighted by atomic mass is 35.5. The Morgan fingerprint density at radius 3 is 2.46 bits per heavy atom. The minimum absolute atomic E-state index is 0.216. The zero-order valence-electron chi connectivity index (χ0n) is 21.0. The molecule has 1 N–H and O–H groups in total. The highest BCUT2D eigenvalue weighted by Gasteiger charge is 2.37. The van der Waals surface area contributed by atoms with Crippen LogP contribution in [0.15, 0.2) is 54.6 Å². The molecule has 3 aromatic rings. The first kappa shape index (κ1) is 24.0. The minimum Gasteiger partial charge on any atom is -0.490 e. The number of ether oxygens (including phenoxy) is 2. The molecule has 1 amide bonds. The first-order valence-corrected chi connectivity index (χ1v) is 12.9. The molecule has 1 heterocycles. The van der Waals surface area contributed by atoms with Crippen molar-refractivity contribution in [3.05, 3.63) is 65.2 Å². The van der Waals surface area contributed by atoms with Crippen LogP contribution in [0.3, 0.4) is 0 Å². The van der Waals surface area contributed by atoms with Gasteiger partial charge in [-0.3, -0.25) is 0 Å². The molecule has 4 nitrogen and oxygen atoms in total. The van der Waals surface area contributed by atoms with Gasteiger partial charge in [0.25, 0.3) is 0 Å². The molecule has 35 heavy (non-hydrogen) atoms. The fourth-order valence-electron chi connectivity index (χ4n) is 5.58. The molecule has 2 fully saturated rings. The maximum Gasteiger partial charge on any atom is 0.408 e. The number of carbonyl (C=O) groups is 1. The van der Waals surface area contributed by atoms with Crippen molar-refractivity contribution in [3.8, 4) is 16.9 Å². The quantitative estimate of drug-likeness (QED) is 0.401. The smallest absolute Gasteiger partial charge is 0.408 e. The lowest BCUT2D eigenvalue weighted by atomic mass is 9.72. The number of hydrogen-bond acceptors (Lipinski definition) is 3. The molecule has 5 rings (SSSR count). The summed E-state index contributed by atoms with van der Waals surface area (Å²) in [7, 11) is 0. The van der Waals surface area contributed by atoms with E-state index in [4.69, 9.17) is 21.1 Å². The van der Waals surface area contributed by atoms with E-state index in [1.54, 1.807) is 0 Å². The minimum atomic E-state index is -0.539. The van der Waals surface area contributed by atoms with E-state index >= 15 is 0 Å². The van der Waals surface area contributed by atoms with Gasteiger partial charge in [-0.05, 0) is 90.1 Å². The van der Waals surface area contributed by atoms with Gasteiger partial charge in [0.2, 0.25) is 0 Å².